The fraction of sp³-hybridized carbons (Fsp3) is 0.400. The molecule has 0 amide bonds. The number of rotatable bonds is 4. The second-order valence-corrected chi connectivity index (χ2v) is 7.15. The van der Waals surface area contributed by atoms with Crippen molar-refractivity contribution < 1.29 is 0 Å². The van der Waals surface area contributed by atoms with E-state index >= 15 is 0 Å². The zero-order valence-electron chi connectivity index (χ0n) is 14.4. The summed E-state index contributed by atoms with van der Waals surface area (Å²) in [6.07, 6.45) is 8.77. The Hall–Kier alpha value is -2.40. The molecule has 1 N–H and O–H groups in total. The van der Waals surface area contributed by atoms with E-state index in [4.69, 9.17) is 0 Å². The van der Waals surface area contributed by atoms with Gasteiger partial charge in [-0.3, -0.25) is 10.00 Å². The summed E-state index contributed by atoms with van der Waals surface area (Å²) in [6, 6.07) is 11.2. The van der Waals surface area contributed by atoms with E-state index in [2.05, 4.69) is 61.2 Å². The zero-order chi connectivity index (χ0) is 16.6. The molecule has 5 heteroatoms. The molecule has 2 aliphatic rings. The minimum atomic E-state index is 0.700. The maximum Gasteiger partial charge on any atom is 0.123 e. The molecule has 2 aromatic heterocycles. The standard InChI is InChI=1S/C20H23N5/c1-2-4-15(5-3-1)20-17-8-11-24(12-9-18(17)22-23-20)14-19-21-10-13-25(19)16-6-7-16/h1-5,10,13,16H,6-9,11-12,14H2,(H,22,23). The van der Waals surface area contributed by atoms with Crippen LogP contribution in [-0.2, 0) is 19.4 Å². The third kappa shape index (κ3) is 2.89. The van der Waals surface area contributed by atoms with Gasteiger partial charge in [0.1, 0.15) is 5.82 Å². The van der Waals surface area contributed by atoms with E-state index in [1.165, 1.54) is 35.5 Å². The van der Waals surface area contributed by atoms with Gasteiger partial charge in [-0.2, -0.15) is 5.10 Å². The quantitative estimate of drug-likeness (QED) is 0.797. The Morgan fingerprint density at radius 3 is 2.76 bits per heavy atom. The minimum absolute atomic E-state index is 0.700. The van der Waals surface area contributed by atoms with Crippen LogP contribution in [0.3, 0.4) is 0 Å². The molecule has 0 bridgehead atoms. The number of imidazole rings is 1. The normalized spacial score (nSPS) is 18.1. The second kappa shape index (κ2) is 6.15. The Bertz CT molecular complexity index is 859. The highest BCUT2D eigenvalue weighted by Gasteiger charge is 2.27. The van der Waals surface area contributed by atoms with Gasteiger partial charge in [-0.1, -0.05) is 30.3 Å². The molecule has 1 aliphatic heterocycles. The van der Waals surface area contributed by atoms with E-state index in [9.17, 15) is 0 Å². The molecule has 1 aliphatic carbocycles. The van der Waals surface area contributed by atoms with Crippen LogP contribution in [0.5, 0.6) is 0 Å². The largest absolute Gasteiger partial charge is 0.331 e. The van der Waals surface area contributed by atoms with Crippen LogP contribution in [0.1, 0.15) is 36.0 Å². The van der Waals surface area contributed by atoms with Crippen molar-refractivity contribution >= 4 is 0 Å². The molecule has 5 nitrogen and oxygen atoms in total. The number of aromatic nitrogens is 4. The van der Waals surface area contributed by atoms with Gasteiger partial charge in [-0.25, -0.2) is 4.98 Å². The maximum absolute atomic E-state index is 4.61. The number of nitrogens with zero attached hydrogens (tertiary/aromatic N) is 4. The van der Waals surface area contributed by atoms with E-state index in [0.717, 1.165) is 38.2 Å². The SMILES string of the molecule is c1ccc(-c2n[nH]c3c2CCN(Cc2nccn2C2CC2)CC3)cc1. The fourth-order valence-corrected chi connectivity index (χ4v) is 3.87. The number of aromatic amines is 1. The molecule has 1 aromatic carbocycles. The van der Waals surface area contributed by atoms with Crippen LogP contribution in [0.15, 0.2) is 42.7 Å². The summed E-state index contributed by atoms with van der Waals surface area (Å²) in [4.78, 5) is 7.14. The van der Waals surface area contributed by atoms with E-state index in [0.29, 0.717) is 6.04 Å². The molecule has 3 heterocycles. The molecule has 0 radical (unpaired) electrons. The number of fused-ring (bicyclic) bond motifs is 1. The molecular formula is C20H23N5. The van der Waals surface area contributed by atoms with Crippen molar-refractivity contribution in [1.82, 2.24) is 24.6 Å². The van der Waals surface area contributed by atoms with Crippen molar-refractivity contribution in [3.8, 4) is 11.3 Å². The summed E-state index contributed by atoms with van der Waals surface area (Å²) >= 11 is 0. The topological polar surface area (TPSA) is 49.7 Å². The first kappa shape index (κ1) is 14.9. The molecule has 3 aromatic rings. The van der Waals surface area contributed by atoms with Gasteiger partial charge >= 0.3 is 0 Å². The average Bonchev–Trinajstić information content (AvgIpc) is 3.31. The highest BCUT2D eigenvalue weighted by Crippen LogP contribution is 2.36. The van der Waals surface area contributed by atoms with Crippen LogP contribution < -0.4 is 0 Å². The first-order chi connectivity index (χ1) is 12.4. The summed E-state index contributed by atoms with van der Waals surface area (Å²) < 4.78 is 2.38. The number of H-pyrrole nitrogens is 1. The lowest BCUT2D eigenvalue weighted by molar-refractivity contribution is 0.267. The van der Waals surface area contributed by atoms with Crippen molar-refractivity contribution in [1.29, 1.82) is 0 Å². The molecule has 0 unspecified atom stereocenters. The summed E-state index contributed by atoms with van der Waals surface area (Å²) in [6.45, 7) is 3.06. The monoisotopic (exact) mass is 333 g/mol. The number of hydrogen-bond acceptors (Lipinski definition) is 3. The van der Waals surface area contributed by atoms with Gasteiger partial charge in [0.25, 0.3) is 0 Å². The molecule has 1 fully saturated rings. The Morgan fingerprint density at radius 2 is 1.92 bits per heavy atom. The van der Waals surface area contributed by atoms with Gasteiger partial charge < -0.3 is 4.57 Å². The van der Waals surface area contributed by atoms with Crippen molar-refractivity contribution in [2.24, 2.45) is 0 Å². The summed E-state index contributed by atoms with van der Waals surface area (Å²) in [5.41, 5.74) is 5.01. The van der Waals surface area contributed by atoms with Gasteiger partial charge in [0.05, 0.1) is 12.2 Å². The van der Waals surface area contributed by atoms with E-state index < -0.39 is 0 Å². The van der Waals surface area contributed by atoms with Gasteiger partial charge in [0.2, 0.25) is 0 Å². The molecule has 0 spiro atoms. The van der Waals surface area contributed by atoms with Crippen molar-refractivity contribution in [3.05, 3.63) is 59.8 Å². The van der Waals surface area contributed by atoms with Crippen LogP contribution in [0, 0.1) is 0 Å². The van der Waals surface area contributed by atoms with Crippen LogP contribution >= 0.6 is 0 Å². The van der Waals surface area contributed by atoms with Gasteiger partial charge in [0.15, 0.2) is 0 Å². The van der Waals surface area contributed by atoms with Gasteiger partial charge in [-0.15, -0.1) is 0 Å². The van der Waals surface area contributed by atoms with Gasteiger partial charge in [-0.05, 0) is 19.3 Å². The lowest BCUT2D eigenvalue weighted by Gasteiger charge is -2.20. The highest BCUT2D eigenvalue weighted by atomic mass is 15.2. The molecule has 1 saturated carbocycles. The first-order valence-electron chi connectivity index (χ1n) is 9.24. The number of nitrogens with one attached hydrogen (secondary N) is 1. The van der Waals surface area contributed by atoms with Crippen molar-refractivity contribution in [2.75, 3.05) is 13.1 Å². The summed E-state index contributed by atoms with van der Waals surface area (Å²) in [5, 5.41) is 7.88. The fourth-order valence-electron chi connectivity index (χ4n) is 3.87. The predicted octanol–water partition coefficient (Wildman–Crippen LogP) is 3.21. The Morgan fingerprint density at radius 1 is 1.08 bits per heavy atom. The molecule has 0 saturated heterocycles. The lowest BCUT2D eigenvalue weighted by Crippen LogP contribution is -2.27. The first-order valence-corrected chi connectivity index (χ1v) is 9.24. The molecular weight excluding hydrogens is 310 g/mol. The van der Waals surface area contributed by atoms with Gasteiger partial charge in [0, 0.05) is 54.8 Å². The zero-order valence-corrected chi connectivity index (χ0v) is 14.4. The smallest absolute Gasteiger partial charge is 0.123 e. The number of hydrogen-bond donors (Lipinski definition) is 1. The molecule has 0 atom stereocenters. The van der Waals surface area contributed by atoms with E-state index in [1.807, 2.05) is 6.20 Å². The Balaban J connectivity index is 1.34. The van der Waals surface area contributed by atoms with Crippen LogP contribution in [0.2, 0.25) is 0 Å². The third-order valence-electron chi connectivity index (χ3n) is 5.41. The Kier molecular flexibility index (Phi) is 3.67. The molecule has 25 heavy (non-hydrogen) atoms. The second-order valence-electron chi connectivity index (χ2n) is 7.15. The van der Waals surface area contributed by atoms with Crippen LogP contribution in [0.4, 0.5) is 0 Å². The van der Waals surface area contributed by atoms with E-state index in [1.54, 1.807) is 0 Å². The number of benzene rings is 1. The minimum Gasteiger partial charge on any atom is -0.331 e. The Labute approximate surface area is 147 Å². The van der Waals surface area contributed by atoms with Crippen LogP contribution in [-0.4, -0.2) is 37.7 Å². The molecule has 5 rings (SSSR count). The van der Waals surface area contributed by atoms with Crippen molar-refractivity contribution in [3.63, 3.8) is 0 Å². The van der Waals surface area contributed by atoms with E-state index in [-0.39, 0.29) is 0 Å². The maximum atomic E-state index is 4.61. The van der Waals surface area contributed by atoms with Crippen LogP contribution in [0.25, 0.3) is 11.3 Å². The summed E-state index contributed by atoms with van der Waals surface area (Å²) in [7, 11) is 0. The predicted molar refractivity (Wildman–Crippen MR) is 97.2 cm³/mol. The average molecular weight is 333 g/mol. The van der Waals surface area contributed by atoms with Crippen molar-refractivity contribution in [2.45, 2.75) is 38.3 Å². The molecule has 128 valence electrons. The third-order valence-corrected chi connectivity index (χ3v) is 5.41. The lowest BCUT2D eigenvalue weighted by atomic mass is 10.0. The summed E-state index contributed by atoms with van der Waals surface area (Å²) in [5.74, 6) is 1.22. The highest BCUT2D eigenvalue weighted by molar-refractivity contribution is 5.64.